The molecule has 0 radical (unpaired) electrons. The topological polar surface area (TPSA) is 211 Å². The summed E-state index contributed by atoms with van der Waals surface area (Å²) in [5, 5.41) is 12.2. The van der Waals surface area contributed by atoms with Crippen molar-refractivity contribution in [3.63, 3.8) is 0 Å². The van der Waals surface area contributed by atoms with E-state index in [0.29, 0.717) is 34.7 Å². The lowest BCUT2D eigenvalue weighted by Gasteiger charge is -2.30. The van der Waals surface area contributed by atoms with Gasteiger partial charge in [-0.05, 0) is 48.4 Å². The summed E-state index contributed by atoms with van der Waals surface area (Å²) in [5.74, 6) is -4.86. The number of sulfonamides is 1. The van der Waals surface area contributed by atoms with Crippen LogP contribution < -0.4 is 26.2 Å². The molecule has 55 heavy (non-hydrogen) atoms. The Kier molecular flexibility index (Phi) is 9.61. The van der Waals surface area contributed by atoms with Crippen LogP contribution >= 0.6 is 0 Å². The number of rotatable bonds is 11. The van der Waals surface area contributed by atoms with Crippen molar-refractivity contribution in [2.75, 3.05) is 22.7 Å². The lowest BCUT2D eigenvalue weighted by molar-refractivity contribution is -0.139. The fraction of sp³-hybridized carbons (Fsp3) is 0.167. The number of hydrogen-bond acceptors (Lipinski definition) is 11. The molecule has 16 nitrogen and oxygen atoms in total. The van der Waals surface area contributed by atoms with Crippen molar-refractivity contribution in [1.29, 1.82) is 0 Å². The number of carbonyl (C=O) groups excluding carboxylic acids is 1. The van der Waals surface area contributed by atoms with Gasteiger partial charge in [-0.2, -0.15) is 0 Å². The van der Waals surface area contributed by atoms with Gasteiger partial charge in [0.2, 0.25) is 5.95 Å². The van der Waals surface area contributed by atoms with E-state index in [4.69, 9.17) is 0 Å². The monoisotopic (exact) mass is 769 g/mol. The largest absolute Gasteiger partial charge is 0.480 e. The minimum atomic E-state index is -4.42. The van der Waals surface area contributed by atoms with Gasteiger partial charge in [-0.15, -0.1) is 0 Å². The van der Waals surface area contributed by atoms with Crippen molar-refractivity contribution in [3.05, 3.63) is 129 Å². The van der Waals surface area contributed by atoms with E-state index in [2.05, 4.69) is 25.3 Å². The van der Waals surface area contributed by atoms with Crippen LogP contribution in [0.2, 0.25) is 0 Å². The minimum Gasteiger partial charge on any atom is -0.480 e. The van der Waals surface area contributed by atoms with Crippen molar-refractivity contribution in [3.8, 4) is 16.8 Å². The van der Waals surface area contributed by atoms with Gasteiger partial charge in [-0.3, -0.25) is 28.8 Å². The average Bonchev–Trinajstić information content (AvgIpc) is 3.15. The maximum atomic E-state index is 15.2. The predicted octanol–water partition coefficient (Wildman–Crippen LogP) is 2.65. The van der Waals surface area contributed by atoms with Crippen LogP contribution in [0, 0.1) is 11.6 Å². The summed E-state index contributed by atoms with van der Waals surface area (Å²) in [7, 11) is -2.95. The van der Waals surface area contributed by atoms with Crippen molar-refractivity contribution < 1.29 is 31.9 Å². The highest BCUT2D eigenvalue weighted by atomic mass is 32.2. The quantitative estimate of drug-likeness (QED) is 0.174. The highest BCUT2D eigenvalue weighted by Crippen LogP contribution is 2.26. The first-order valence-electron chi connectivity index (χ1n) is 16.5. The Balaban J connectivity index is 1.03. The van der Waals surface area contributed by atoms with Gasteiger partial charge in [-0.1, -0.05) is 12.1 Å². The lowest BCUT2D eigenvalue weighted by Crippen LogP contribution is -2.42. The molecule has 0 aliphatic carbocycles. The Morgan fingerprint density at radius 3 is 2.27 bits per heavy atom. The van der Waals surface area contributed by atoms with Gasteiger partial charge < -0.3 is 15.3 Å². The van der Waals surface area contributed by atoms with Gasteiger partial charge in [0, 0.05) is 62.5 Å². The van der Waals surface area contributed by atoms with Gasteiger partial charge >= 0.3 is 11.7 Å². The standard InChI is InChI=1S/C36H29F2N9O7S/c1-45-31-19-39-10-9-25(31)33(49)47(36(45)52)23-6-5-22(40-18-23)13-30(34(50)51)43-32(48)26-14-28(38)29(15-27(26)37)44-55(53,54)24-7-3-20(4-8-24)21-16-41-35(42-17-21)46-11-2-12-46/h3-10,14-19,30,44H,2,11-13H2,1H3,(H,43,48)(H,50,51)/t30-/m0/s1. The second-order valence-corrected chi connectivity index (χ2v) is 14.2. The molecule has 1 saturated heterocycles. The summed E-state index contributed by atoms with van der Waals surface area (Å²) in [4.78, 5) is 69.6. The number of amides is 1. The van der Waals surface area contributed by atoms with Gasteiger partial charge in [0.25, 0.3) is 21.5 Å². The fourth-order valence-corrected chi connectivity index (χ4v) is 6.87. The number of pyridine rings is 2. The Morgan fingerprint density at radius 1 is 0.909 bits per heavy atom. The van der Waals surface area contributed by atoms with E-state index in [0.717, 1.165) is 24.1 Å². The Bertz CT molecular complexity index is 2700. The Morgan fingerprint density at radius 2 is 1.64 bits per heavy atom. The van der Waals surface area contributed by atoms with E-state index in [-0.39, 0.29) is 21.7 Å². The number of aryl methyl sites for hydroxylation is 1. The molecule has 0 unspecified atom stereocenters. The molecule has 0 bridgehead atoms. The second kappa shape index (κ2) is 14.5. The van der Waals surface area contributed by atoms with Crippen LogP contribution in [0.4, 0.5) is 20.4 Å². The summed E-state index contributed by atoms with van der Waals surface area (Å²) in [6, 6.07) is 8.97. The number of carboxylic acids is 1. The molecular formula is C36H29F2N9O7S. The molecule has 6 aromatic rings. The zero-order valence-corrected chi connectivity index (χ0v) is 29.5. The Labute approximate surface area is 309 Å². The second-order valence-electron chi connectivity index (χ2n) is 12.5. The van der Waals surface area contributed by atoms with E-state index in [1.54, 1.807) is 12.4 Å². The molecule has 19 heteroatoms. The van der Waals surface area contributed by atoms with Crippen LogP contribution in [0.25, 0.3) is 27.7 Å². The maximum absolute atomic E-state index is 15.2. The van der Waals surface area contributed by atoms with E-state index in [1.807, 2.05) is 9.62 Å². The molecule has 0 spiro atoms. The number of aromatic nitrogens is 6. The first-order chi connectivity index (χ1) is 26.3. The van der Waals surface area contributed by atoms with Crippen LogP contribution in [-0.4, -0.2) is 73.6 Å². The summed E-state index contributed by atoms with van der Waals surface area (Å²) >= 11 is 0. The average molecular weight is 770 g/mol. The molecular weight excluding hydrogens is 741 g/mol. The highest BCUT2D eigenvalue weighted by Gasteiger charge is 2.26. The predicted molar refractivity (Wildman–Crippen MR) is 194 cm³/mol. The summed E-state index contributed by atoms with van der Waals surface area (Å²) in [6.07, 6.45) is 7.85. The molecule has 0 saturated carbocycles. The number of fused-ring (bicyclic) bond motifs is 1. The number of carboxylic acid groups (broad SMARTS) is 1. The van der Waals surface area contributed by atoms with E-state index < -0.39 is 68.5 Å². The van der Waals surface area contributed by atoms with E-state index >= 15 is 8.78 Å². The fourth-order valence-electron chi connectivity index (χ4n) is 5.82. The van der Waals surface area contributed by atoms with Crippen LogP contribution in [0.1, 0.15) is 22.5 Å². The number of halogens is 2. The third-order valence-electron chi connectivity index (χ3n) is 8.98. The summed E-state index contributed by atoms with van der Waals surface area (Å²) in [6.45, 7) is 1.76. The third kappa shape index (κ3) is 7.23. The smallest absolute Gasteiger partial charge is 0.335 e. The lowest BCUT2D eigenvalue weighted by atomic mass is 10.1. The molecule has 280 valence electrons. The number of anilines is 2. The highest BCUT2D eigenvalue weighted by molar-refractivity contribution is 7.92. The van der Waals surface area contributed by atoms with Crippen molar-refractivity contribution in [2.45, 2.75) is 23.8 Å². The van der Waals surface area contributed by atoms with Crippen molar-refractivity contribution >= 4 is 44.4 Å². The van der Waals surface area contributed by atoms with Crippen LogP contribution in [-0.2, 0) is 28.3 Å². The molecule has 1 fully saturated rings. The molecule has 1 aliphatic rings. The number of aliphatic carboxylic acids is 1. The van der Waals surface area contributed by atoms with Crippen LogP contribution in [0.3, 0.4) is 0 Å². The van der Waals surface area contributed by atoms with Crippen molar-refractivity contribution in [2.24, 2.45) is 7.05 Å². The van der Waals surface area contributed by atoms with Gasteiger partial charge in [-0.25, -0.2) is 41.3 Å². The van der Waals surface area contributed by atoms with Crippen molar-refractivity contribution in [1.82, 2.24) is 34.4 Å². The number of hydrogen-bond donors (Lipinski definition) is 3. The first kappa shape index (κ1) is 36.5. The molecule has 1 aliphatic heterocycles. The van der Waals surface area contributed by atoms with Gasteiger partial charge in [0.1, 0.15) is 17.7 Å². The molecule has 2 aromatic carbocycles. The van der Waals surface area contributed by atoms with Gasteiger partial charge in [0.05, 0.1) is 45.1 Å². The normalized spacial score (nSPS) is 13.3. The molecule has 5 heterocycles. The molecule has 3 N–H and O–H groups in total. The number of nitrogens with zero attached hydrogens (tertiary/aromatic N) is 7. The third-order valence-corrected chi connectivity index (χ3v) is 10.4. The number of nitrogens with one attached hydrogen (secondary N) is 2. The van der Waals surface area contributed by atoms with Crippen LogP contribution in [0.5, 0.6) is 0 Å². The van der Waals surface area contributed by atoms with Gasteiger partial charge in [0.15, 0.2) is 0 Å². The Hall–Kier alpha value is -6.89. The summed E-state index contributed by atoms with van der Waals surface area (Å²) in [5.41, 5.74) is -1.18. The van der Waals surface area contributed by atoms with E-state index in [1.165, 1.54) is 72.7 Å². The zero-order valence-electron chi connectivity index (χ0n) is 28.7. The zero-order chi connectivity index (χ0) is 39.0. The molecule has 7 rings (SSSR count). The molecule has 1 amide bonds. The molecule has 4 aromatic heterocycles. The minimum absolute atomic E-state index is 0.0903. The SMILES string of the molecule is Cn1c(=O)n(-c2ccc(C[C@H](NC(=O)c3cc(F)c(NS(=O)(=O)c4ccc(-c5cnc(N6CCC6)nc5)cc4)cc3F)C(=O)O)nc2)c(=O)c2ccncc21. The number of benzene rings is 2. The van der Waals surface area contributed by atoms with E-state index in [9.17, 15) is 32.7 Å². The first-order valence-corrected chi connectivity index (χ1v) is 18.0. The maximum Gasteiger partial charge on any atom is 0.335 e. The van der Waals surface area contributed by atoms with Crippen LogP contribution in [0.15, 0.2) is 100 Å². The molecule has 1 atom stereocenters. The number of carbonyl (C=O) groups is 2. The summed E-state index contributed by atoms with van der Waals surface area (Å²) < 4.78 is 60.6.